The quantitative estimate of drug-likeness (QED) is 0.537. The molecular formula is C19H20ClN3O3. The topological polar surface area (TPSA) is 90.8 Å². The molecule has 136 valence electrons. The fraction of sp³-hybridized carbons (Fsp3) is 0.211. The summed E-state index contributed by atoms with van der Waals surface area (Å²) in [5, 5.41) is 16.6. The van der Waals surface area contributed by atoms with E-state index < -0.39 is 17.9 Å². The predicted molar refractivity (Wildman–Crippen MR) is 101 cm³/mol. The van der Waals surface area contributed by atoms with Crippen molar-refractivity contribution < 1.29 is 14.7 Å². The van der Waals surface area contributed by atoms with Gasteiger partial charge in [0.2, 0.25) is 0 Å². The van der Waals surface area contributed by atoms with Gasteiger partial charge in [0, 0.05) is 16.1 Å². The number of hydrogen-bond acceptors (Lipinski definition) is 4. The number of phenolic OH excluding ortho intramolecular Hbond substituents is 1. The van der Waals surface area contributed by atoms with E-state index in [4.69, 9.17) is 11.6 Å². The average molecular weight is 374 g/mol. The Morgan fingerprint density at radius 2 is 1.88 bits per heavy atom. The van der Waals surface area contributed by atoms with Gasteiger partial charge >= 0.3 is 0 Å². The molecule has 26 heavy (non-hydrogen) atoms. The molecule has 3 N–H and O–H groups in total. The standard InChI is InChI=1S/C19H20ClN3O3/c1-12(2)17(22-18(25)13-7-5-8-15(20)10-13)19(26)23-21-11-14-6-3-4-9-16(14)24/h3-12,17,24H,1-2H3,(H,22,25)(H,23,26)/b21-11+. The molecule has 0 fully saturated rings. The fourth-order valence-corrected chi connectivity index (χ4v) is 2.41. The van der Waals surface area contributed by atoms with Crippen molar-refractivity contribution in [2.24, 2.45) is 11.0 Å². The third-order valence-corrected chi connectivity index (χ3v) is 3.87. The average Bonchev–Trinajstić information content (AvgIpc) is 2.60. The number of nitrogens with one attached hydrogen (secondary N) is 2. The number of amides is 2. The number of hydrazone groups is 1. The van der Waals surface area contributed by atoms with E-state index in [2.05, 4.69) is 15.8 Å². The molecule has 0 aliphatic rings. The molecule has 6 nitrogen and oxygen atoms in total. The Labute approximate surface area is 156 Å². The summed E-state index contributed by atoms with van der Waals surface area (Å²) in [5.74, 6) is -0.952. The Hall–Kier alpha value is -2.86. The van der Waals surface area contributed by atoms with E-state index in [0.717, 1.165) is 0 Å². The number of phenols is 1. The summed E-state index contributed by atoms with van der Waals surface area (Å²) in [7, 11) is 0. The summed E-state index contributed by atoms with van der Waals surface area (Å²) in [5.41, 5.74) is 3.23. The van der Waals surface area contributed by atoms with Crippen molar-refractivity contribution in [1.82, 2.24) is 10.7 Å². The van der Waals surface area contributed by atoms with Crippen LogP contribution in [0.2, 0.25) is 5.02 Å². The number of benzene rings is 2. The molecule has 0 aliphatic carbocycles. The first-order valence-electron chi connectivity index (χ1n) is 8.06. The molecule has 0 aromatic heterocycles. The van der Waals surface area contributed by atoms with Gasteiger partial charge in [-0.1, -0.05) is 43.6 Å². The van der Waals surface area contributed by atoms with Gasteiger partial charge in [-0.15, -0.1) is 0 Å². The number of carbonyl (C=O) groups excluding carboxylic acids is 2. The second kappa shape index (κ2) is 9.01. The van der Waals surface area contributed by atoms with Crippen LogP contribution in [0.5, 0.6) is 5.75 Å². The monoisotopic (exact) mass is 373 g/mol. The van der Waals surface area contributed by atoms with Crippen LogP contribution in [0, 0.1) is 5.92 Å². The Morgan fingerprint density at radius 3 is 2.54 bits per heavy atom. The summed E-state index contributed by atoms with van der Waals surface area (Å²) in [6, 6.07) is 12.3. The van der Waals surface area contributed by atoms with Crippen molar-refractivity contribution in [2.45, 2.75) is 19.9 Å². The van der Waals surface area contributed by atoms with Gasteiger partial charge in [-0.2, -0.15) is 5.10 Å². The van der Waals surface area contributed by atoms with Gasteiger partial charge in [0.05, 0.1) is 6.21 Å². The van der Waals surface area contributed by atoms with Crippen LogP contribution >= 0.6 is 11.6 Å². The maximum absolute atomic E-state index is 12.4. The maximum atomic E-state index is 12.4. The van der Waals surface area contributed by atoms with Crippen LogP contribution in [0.4, 0.5) is 0 Å². The van der Waals surface area contributed by atoms with Crippen LogP contribution in [0.15, 0.2) is 53.6 Å². The Bertz CT molecular complexity index is 821. The number of para-hydroxylation sites is 1. The van der Waals surface area contributed by atoms with E-state index >= 15 is 0 Å². The summed E-state index contributed by atoms with van der Waals surface area (Å²) >= 11 is 5.89. The van der Waals surface area contributed by atoms with Gasteiger partial charge in [0.25, 0.3) is 11.8 Å². The maximum Gasteiger partial charge on any atom is 0.262 e. The normalized spacial score (nSPS) is 12.2. The minimum atomic E-state index is -0.775. The SMILES string of the molecule is CC(C)C(NC(=O)c1cccc(Cl)c1)C(=O)N/N=C/c1ccccc1O. The molecule has 0 spiro atoms. The number of hydrogen-bond donors (Lipinski definition) is 3. The molecule has 0 aliphatic heterocycles. The highest BCUT2D eigenvalue weighted by atomic mass is 35.5. The molecule has 0 heterocycles. The molecule has 2 aromatic carbocycles. The Balaban J connectivity index is 2.03. The van der Waals surface area contributed by atoms with Crippen LogP contribution in [-0.4, -0.2) is 29.2 Å². The lowest BCUT2D eigenvalue weighted by molar-refractivity contribution is -0.123. The van der Waals surface area contributed by atoms with E-state index in [1.165, 1.54) is 18.3 Å². The molecular weight excluding hydrogens is 354 g/mol. The van der Waals surface area contributed by atoms with Gasteiger partial charge in [0.1, 0.15) is 11.8 Å². The first-order valence-corrected chi connectivity index (χ1v) is 8.43. The van der Waals surface area contributed by atoms with Crippen LogP contribution < -0.4 is 10.7 Å². The van der Waals surface area contributed by atoms with E-state index in [1.54, 1.807) is 36.4 Å². The number of nitrogens with zero attached hydrogens (tertiary/aromatic N) is 1. The first kappa shape index (κ1) is 19.5. The van der Waals surface area contributed by atoms with Gasteiger partial charge in [-0.3, -0.25) is 9.59 Å². The highest BCUT2D eigenvalue weighted by Crippen LogP contribution is 2.13. The van der Waals surface area contributed by atoms with Crippen molar-refractivity contribution >= 4 is 29.6 Å². The first-order chi connectivity index (χ1) is 12.4. The third kappa shape index (κ3) is 5.32. The summed E-state index contributed by atoms with van der Waals surface area (Å²) in [6.45, 7) is 3.63. The molecule has 1 atom stereocenters. The molecule has 0 bridgehead atoms. The summed E-state index contributed by atoms with van der Waals surface area (Å²) in [6.07, 6.45) is 1.34. The second-order valence-electron chi connectivity index (χ2n) is 6.00. The van der Waals surface area contributed by atoms with E-state index in [-0.39, 0.29) is 11.7 Å². The van der Waals surface area contributed by atoms with Crippen molar-refractivity contribution in [3.8, 4) is 5.75 Å². The largest absolute Gasteiger partial charge is 0.507 e. The van der Waals surface area contributed by atoms with E-state index in [0.29, 0.717) is 16.1 Å². The number of aromatic hydroxyl groups is 1. The minimum Gasteiger partial charge on any atom is -0.507 e. The van der Waals surface area contributed by atoms with Gasteiger partial charge in [0.15, 0.2) is 0 Å². The molecule has 7 heteroatoms. The molecule has 2 aromatic rings. The highest BCUT2D eigenvalue weighted by Gasteiger charge is 2.24. The molecule has 0 saturated heterocycles. The Morgan fingerprint density at radius 1 is 1.15 bits per heavy atom. The smallest absolute Gasteiger partial charge is 0.262 e. The van der Waals surface area contributed by atoms with Gasteiger partial charge < -0.3 is 10.4 Å². The highest BCUT2D eigenvalue weighted by molar-refractivity contribution is 6.31. The predicted octanol–water partition coefficient (Wildman–Crippen LogP) is 2.95. The molecule has 0 saturated carbocycles. The van der Waals surface area contributed by atoms with Crippen LogP contribution in [0.1, 0.15) is 29.8 Å². The minimum absolute atomic E-state index is 0.0557. The summed E-state index contributed by atoms with van der Waals surface area (Å²) in [4.78, 5) is 24.7. The molecule has 2 rings (SSSR count). The van der Waals surface area contributed by atoms with Crippen molar-refractivity contribution in [3.63, 3.8) is 0 Å². The Kier molecular flexibility index (Phi) is 6.74. The lowest BCUT2D eigenvalue weighted by atomic mass is 10.0. The number of carbonyl (C=O) groups is 2. The summed E-state index contributed by atoms with van der Waals surface area (Å²) < 4.78 is 0. The van der Waals surface area contributed by atoms with Crippen LogP contribution in [0.3, 0.4) is 0 Å². The second-order valence-corrected chi connectivity index (χ2v) is 6.44. The fourth-order valence-electron chi connectivity index (χ4n) is 2.22. The van der Waals surface area contributed by atoms with Crippen molar-refractivity contribution in [1.29, 1.82) is 0 Å². The van der Waals surface area contributed by atoms with Crippen molar-refractivity contribution in [2.75, 3.05) is 0 Å². The molecule has 2 amide bonds. The van der Waals surface area contributed by atoms with E-state index in [1.807, 2.05) is 13.8 Å². The number of rotatable bonds is 6. The lowest BCUT2D eigenvalue weighted by Gasteiger charge is -2.20. The van der Waals surface area contributed by atoms with Crippen LogP contribution in [0.25, 0.3) is 0 Å². The van der Waals surface area contributed by atoms with Crippen molar-refractivity contribution in [3.05, 3.63) is 64.7 Å². The zero-order chi connectivity index (χ0) is 19.1. The van der Waals surface area contributed by atoms with Gasteiger partial charge in [-0.25, -0.2) is 5.43 Å². The lowest BCUT2D eigenvalue weighted by Crippen LogP contribution is -2.48. The number of halogens is 1. The molecule has 0 radical (unpaired) electrons. The van der Waals surface area contributed by atoms with E-state index in [9.17, 15) is 14.7 Å². The third-order valence-electron chi connectivity index (χ3n) is 3.64. The molecule has 1 unspecified atom stereocenters. The van der Waals surface area contributed by atoms with Gasteiger partial charge in [-0.05, 0) is 36.2 Å². The van der Waals surface area contributed by atoms with Crippen LogP contribution in [-0.2, 0) is 4.79 Å². The zero-order valence-corrected chi connectivity index (χ0v) is 15.2. The zero-order valence-electron chi connectivity index (χ0n) is 14.4.